The highest BCUT2D eigenvalue weighted by molar-refractivity contribution is 5.75. The highest BCUT2D eigenvalue weighted by Crippen LogP contribution is 2.01. The number of ether oxygens (including phenoxy) is 1. The number of esters is 1. The van der Waals surface area contributed by atoms with Crippen LogP contribution in [-0.2, 0) is 9.53 Å². The molecule has 0 radical (unpaired) electrons. The molecule has 84 valence electrons. The van der Waals surface area contributed by atoms with Gasteiger partial charge in [0.2, 0.25) is 0 Å². The number of carbonyl (C=O) groups is 1. The maximum absolute atomic E-state index is 11.2. The molecule has 0 aromatic carbocycles. The van der Waals surface area contributed by atoms with Gasteiger partial charge in [-0.2, -0.15) is 0 Å². The second kappa shape index (κ2) is 9.00. The Balaban J connectivity index is 3.34. The lowest BCUT2D eigenvalue weighted by atomic mass is 10.2. The van der Waals surface area contributed by atoms with Crippen molar-refractivity contribution in [1.29, 1.82) is 0 Å². The van der Waals surface area contributed by atoms with Crippen molar-refractivity contribution in [3.63, 3.8) is 0 Å². The molecular formula is C11H23NO2. The van der Waals surface area contributed by atoms with Crippen molar-refractivity contribution in [2.24, 2.45) is 5.73 Å². The molecule has 0 fully saturated rings. The van der Waals surface area contributed by atoms with Crippen LogP contribution in [-0.4, -0.2) is 18.6 Å². The van der Waals surface area contributed by atoms with Gasteiger partial charge in [0.25, 0.3) is 0 Å². The highest BCUT2D eigenvalue weighted by Gasteiger charge is 2.12. The molecule has 0 aromatic rings. The van der Waals surface area contributed by atoms with E-state index in [0.717, 1.165) is 19.3 Å². The summed E-state index contributed by atoms with van der Waals surface area (Å²) in [4.78, 5) is 11.2. The van der Waals surface area contributed by atoms with Gasteiger partial charge in [-0.3, -0.25) is 4.79 Å². The molecule has 0 aliphatic rings. The molecule has 0 heterocycles. The first-order valence-corrected chi connectivity index (χ1v) is 5.64. The first-order chi connectivity index (χ1) is 6.72. The first kappa shape index (κ1) is 13.4. The third kappa shape index (κ3) is 6.89. The first-order valence-electron chi connectivity index (χ1n) is 5.64. The van der Waals surface area contributed by atoms with Gasteiger partial charge in [-0.25, -0.2) is 0 Å². The van der Waals surface area contributed by atoms with Crippen LogP contribution in [0, 0.1) is 0 Å². The second-order valence-electron chi connectivity index (χ2n) is 3.62. The Bertz CT molecular complexity index is 148. The van der Waals surface area contributed by atoms with Crippen molar-refractivity contribution in [3.8, 4) is 0 Å². The molecule has 0 amide bonds. The summed E-state index contributed by atoms with van der Waals surface area (Å²) in [5.41, 5.74) is 5.59. The number of hydrogen-bond donors (Lipinski definition) is 1. The van der Waals surface area contributed by atoms with Gasteiger partial charge in [0.05, 0.1) is 6.61 Å². The molecule has 0 saturated heterocycles. The average Bonchev–Trinajstić information content (AvgIpc) is 2.17. The summed E-state index contributed by atoms with van der Waals surface area (Å²) in [5, 5.41) is 0. The fourth-order valence-corrected chi connectivity index (χ4v) is 1.24. The molecule has 14 heavy (non-hydrogen) atoms. The number of nitrogens with two attached hydrogens (primary N) is 1. The van der Waals surface area contributed by atoms with Crippen LogP contribution in [0.15, 0.2) is 0 Å². The summed E-state index contributed by atoms with van der Waals surface area (Å²) in [7, 11) is 0. The molecule has 1 unspecified atom stereocenters. The standard InChI is InChI=1S/C11H23NO2/c1-3-5-6-7-9-14-11(13)10(12)8-4-2/h10H,3-9,12H2,1-2H3. The molecule has 0 aliphatic heterocycles. The lowest BCUT2D eigenvalue weighted by Gasteiger charge is -2.09. The van der Waals surface area contributed by atoms with Gasteiger partial charge in [-0.1, -0.05) is 39.5 Å². The summed E-state index contributed by atoms with van der Waals surface area (Å²) in [6.45, 7) is 4.69. The summed E-state index contributed by atoms with van der Waals surface area (Å²) in [6.07, 6.45) is 6.13. The van der Waals surface area contributed by atoms with E-state index in [1.807, 2.05) is 6.92 Å². The Labute approximate surface area is 87.0 Å². The van der Waals surface area contributed by atoms with E-state index in [4.69, 9.17) is 10.5 Å². The largest absolute Gasteiger partial charge is 0.465 e. The molecule has 0 spiro atoms. The van der Waals surface area contributed by atoms with E-state index >= 15 is 0 Å². The molecule has 0 aliphatic carbocycles. The van der Waals surface area contributed by atoms with E-state index in [1.54, 1.807) is 0 Å². The minimum Gasteiger partial charge on any atom is -0.465 e. The van der Waals surface area contributed by atoms with Gasteiger partial charge in [-0.05, 0) is 12.8 Å². The maximum atomic E-state index is 11.2. The monoisotopic (exact) mass is 201 g/mol. The van der Waals surface area contributed by atoms with Crippen LogP contribution in [0.1, 0.15) is 52.4 Å². The smallest absolute Gasteiger partial charge is 0.322 e. The van der Waals surface area contributed by atoms with E-state index in [-0.39, 0.29) is 5.97 Å². The van der Waals surface area contributed by atoms with Gasteiger partial charge >= 0.3 is 5.97 Å². The van der Waals surface area contributed by atoms with Crippen LogP contribution in [0.5, 0.6) is 0 Å². The third-order valence-corrected chi connectivity index (χ3v) is 2.14. The molecular weight excluding hydrogens is 178 g/mol. The number of unbranched alkanes of at least 4 members (excludes halogenated alkanes) is 3. The SMILES string of the molecule is CCCCCCOC(=O)C(N)CCC. The van der Waals surface area contributed by atoms with E-state index in [2.05, 4.69) is 6.92 Å². The lowest BCUT2D eigenvalue weighted by Crippen LogP contribution is -2.32. The molecule has 1 atom stereocenters. The quantitative estimate of drug-likeness (QED) is 0.484. The van der Waals surface area contributed by atoms with Crippen molar-refractivity contribution in [3.05, 3.63) is 0 Å². The van der Waals surface area contributed by atoms with E-state index in [0.29, 0.717) is 13.0 Å². The van der Waals surface area contributed by atoms with Crippen LogP contribution in [0.2, 0.25) is 0 Å². The fourth-order valence-electron chi connectivity index (χ4n) is 1.24. The minimum atomic E-state index is -0.425. The Morgan fingerprint density at radius 3 is 2.50 bits per heavy atom. The van der Waals surface area contributed by atoms with Crippen LogP contribution >= 0.6 is 0 Å². The molecule has 0 saturated carbocycles. The Hall–Kier alpha value is -0.570. The van der Waals surface area contributed by atoms with Gasteiger partial charge in [0.1, 0.15) is 6.04 Å². The Kier molecular flexibility index (Phi) is 8.64. The number of hydrogen-bond acceptors (Lipinski definition) is 3. The molecule has 3 heteroatoms. The predicted molar refractivity (Wildman–Crippen MR) is 58.0 cm³/mol. The van der Waals surface area contributed by atoms with Crippen molar-refractivity contribution in [2.45, 2.75) is 58.4 Å². The van der Waals surface area contributed by atoms with E-state index in [9.17, 15) is 4.79 Å². The molecule has 0 rings (SSSR count). The van der Waals surface area contributed by atoms with Crippen molar-refractivity contribution < 1.29 is 9.53 Å². The van der Waals surface area contributed by atoms with Crippen LogP contribution in [0.25, 0.3) is 0 Å². The summed E-state index contributed by atoms with van der Waals surface area (Å²) in [5.74, 6) is -0.247. The highest BCUT2D eigenvalue weighted by atomic mass is 16.5. The van der Waals surface area contributed by atoms with E-state index in [1.165, 1.54) is 12.8 Å². The van der Waals surface area contributed by atoms with Gasteiger partial charge < -0.3 is 10.5 Å². The zero-order chi connectivity index (χ0) is 10.8. The molecule has 3 nitrogen and oxygen atoms in total. The van der Waals surface area contributed by atoms with Gasteiger partial charge in [0.15, 0.2) is 0 Å². The number of carbonyl (C=O) groups excluding carboxylic acids is 1. The van der Waals surface area contributed by atoms with Gasteiger partial charge in [0, 0.05) is 0 Å². The van der Waals surface area contributed by atoms with Crippen molar-refractivity contribution in [2.75, 3.05) is 6.61 Å². The lowest BCUT2D eigenvalue weighted by molar-refractivity contribution is -0.145. The van der Waals surface area contributed by atoms with Gasteiger partial charge in [-0.15, -0.1) is 0 Å². The third-order valence-electron chi connectivity index (χ3n) is 2.14. The summed E-state index contributed by atoms with van der Waals surface area (Å²) in [6, 6.07) is -0.425. The normalized spacial score (nSPS) is 12.5. The summed E-state index contributed by atoms with van der Waals surface area (Å²) < 4.78 is 5.04. The fraction of sp³-hybridized carbons (Fsp3) is 0.909. The van der Waals surface area contributed by atoms with Crippen molar-refractivity contribution >= 4 is 5.97 Å². The Morgan fingerprint density at radius 2 is 1.93 bits per heavy atom. The molecule has 2 N–H and O–H groups in total. The van der Waals surface area contributed by atoms with Crippen molar-refractivity contribution in [1.82, 2.24) is 0 Å². The average molecular weight is 201 g/mol. The maximum Gasteiger partial charge on any atom is 0.322 e. The van der Waals surface area contributed by atoms with E-state index < -0.39 is 6.04 Å². The summed E-state index contributed by atoms with van der Waals surface area (Å²) >= 11 is 0. The zero-order valence-electron chi connectivity index (χ0n) is 9.42. The minimum absolute atomic E-state index is 0.247. The van der Waals surface area contributed by atoms with Crippen LogP contribution in [0.3, 0.4) is 0 Å². The number of rotatable bonds is 8. The van der Waals surface area contributed by atoms with Crippen LogP contribution < -0.4 is 5.73 Å². The second-order valence-corrected chi connectivity index (χ2v) is 3.62. The zero-order valence-corrected chi connectivity index (χ0v) is 9.42. The topological polar surface area (TPSA) is 52.3 Å². The Morgan fingerprint density at radius 1 is 1.21 bits per heavy atom. The molecule has 0 aromatic heterocycles. The predicted octanol–water partition coefficient (Wildman–Crippen LogP) is 2.24. The molecule has 0 bridgehead atoms. The van der Waals surface area contributed by atoms with Crippen LogP contribution in [0.4, 0.5) is 0 Å².